The van der Waals surface area contributed by atoms with E-state index in [1.54, 1.807) is 37.4 Å². The van der Waals surface area contributed by atoms with Crippen LogP contribution in [0.3, 0.4) is 0 Å². The zero-order valence-electron chi connectivity index (χ0n) is 17.3. The molecule has 0 bridgehead atoms. The van der Waals surface area contributed by atoms with Crippen LogP contribution in [0.25, 0.3) is 0 Å². The van der Waals surface area contributed by atoms with Crippen molar-refractivity contribution in [3.05, 3.63) is 47.5 Å². The van der Waals surface area contributed by atoms with Crippen LogP contribution >= 0.6 is 0 Å². The van der Waals surface area contributed by atoms with Crippen LogP contribution in [0.15, 0.2) is 36.4 Å². The predicted octanol–water partition coefficient (Wildman–Crippen LogP) is 3.26. The van der Waals surface area contributed by atoms with Crippen molar-refractivity contribution in [2.45, 2.75) is 12.8 Å². The van der Waals surface area contributed by atoms with Crippen LogP contribution in [0.5, 0.6) is 11.5 Å². The molecule has 2 amide bonds. The highest BCUT2D eigenvalue weighted by Crippen LogP contribution is 2.28. The number of anilines is 2. The minimum absolute atomic E-state index is 0.00988. The molecule has 7 heteroatoms. The first-order chi connectivity index (χ1) is 13.9. The maximum Gasteiger partial charge on any atom is 0.259 e. The second-order valence-electron chi connectivity index (χ2n) is 7.15. The van der Waals surface area contributed by atoms with Crippen LogP contribution in [0.4, 0.5) is 11.4 Å². The van der Waals surface area contributed by atoms with Crippen LogP contribution in [-0.2, 0) is 0 Å². The summed E-state index contributed by atoms with van der Waals surface area (Å²) >= 11 is 0. The number of rotatable bonds is 6. The van der Waals surface area contributed by atoms with E-state index < -0.39 is 0 Å². The molecule has 1 saturated heterocycles. The molecule has 1 aliphatic heterocycles. The summed E-state index contributed by atoms with van der Waals surface area (Å²) in [6.45, 7) is 1.54. The number of carbonyl (C=O) groups excluding carboxylic acids is 2. The summed E-state index contributed by atoms with van der Waals surface area (Å²) in [5, 5.41) is 2.87. The molecule has 154 valence electrons. The molecule has 2 aromatic carbocycles. The summed E-state index contributed by atoms with van der Waals surface area (Å²) in [5.41, 5.74) is 2.34. The van der Waals surface area contributed by atoms with Crippen molar-refractivity contribution in [3.63, 3.8) is 0 Å². The number of amides is 2. The smallest absolute Gasteiger partial charge is 0.259 e. The molecule has 29 heavy (non-hydrogen) atoms. The molecule has 0 aromatic heterocycles. The number of hydrogen-bond acceptors (Lipinski definition) is 5. The Morgan fingerprint density at radius 1 is 0.966 bits per heavy atom. The molecule has 1 N–H and O–H groups in total. The molecule has 0 unspecified atom stereocenters. The van der Waals surface area contributed by atoms with Gasteiger partial charge in [0.25, 0.3) is 11.8 Å². The number of methoxy groups -OCH3 is 2. The van der Waals surface area contributed by atoms with Crippen molar-refractivity contribution in [2.24, 2.45) is 0 Å². The lowest BCUT2D eigenvalue weighted by Gasteiger charge is -2.22. The number of likely N-dealkylation sites (tertiary alicyclic amines) is 1. The third-order valence-electron chi connectivity index (χ3n) is 5.01. The Bertz CT molecular complexity index is 905. The van der Waals surface area contributed by atoms with Gasteiger partial charge in [0.15, 0.2) is 0 Å². The highest BCUT2D eigenvalue weighted by Gasteiger charge is 2.23. The SMILES string of the molecule is COc1ccc(C(=O)Nc2ccc(N(C)C)c(C(=O)N3CCCC3)c2)c(OC)c1. The first-order valence-electron chi connectivity index (χ1n) is 9.58. The lowest BCUT2D eigenvalue weighted by Crippen LogP contribution is -2.29. The zero-order chi connectivity index (χ0) is 21.0. The minimum Gasteiger partial charge on any atom is -0.497 e. The standard InChI is InChI=1S/C22H27N3O4/c1-24(2)19-10-7-15(13-18(19)22(27)25-11-5-6-12-25)23-21(26)17-9-8-16(28-3)14-20(17)29-4/h7-10,13-14H,5-6,11-12H2,1-4H3,(H,23,26). The van der Waals surface area contributed by atoms with Gasteiger partial charge < -0.3 is 24.6 Å². The second kappa shape index (κ2) is 8.86. The van der Waals surface area contributed by atoms with Gasteiger partial charge in [-0.25, -0.2) is 0 Å². The molecule has 7 nitrogen and oxygen atoms in total. The summed E-state index contributed by atoms with van der Waals surface area (Å²) in [4.78, 5) is 29.6. The van der Waals surface area contributed by atoms with Gasteiger partial charge in [-0.3, -0.25) is 9.59 Å². The van der Waals surface area contributed by atoms with E-state index >= 15 is 0 Å². The Labute approximate surface area is 171 Å². The van der Waals surface area contributed by atoms with Crippen molar-refractivity contribution >= 4 is 23.2 Å². The predicted molar refractivity (Wildman–Crippen MR) is 113 cm³/mol. The Morgan fingerprint density at radius 2 is 1.69 bits per heavy atom. The maximum atomic E-state index is 13.0. The largest absolute Gasteiger partial charge is 0.497 e. The molecule has 0 aliphatic carbocycles. The highest BCUT2D eigenvalue weighted by atomic mass is 16.5. The van der Waals surface area contributed by atoms with Crippen LogP contribution in [0.2, 0.25) is 0 Å². The van der Waals surface area contributed by atoms with E-state index in [1.807, 2.05) is 30.0 Å². The highest BCUT2D eigenvalue weighted by molar-refractivity contribution is 6.08. The molecule has 0 spiro atoms. The fraction of sp³-hybridized carbons (Fsp3) is 0.364. The van der Waals surface area contributed by atoms with E-state index in [0.29, 0.717) is 28.3 Å². The zero-order valence-corrected chi connectivity index (χ0v) is 17.3. The van der Waals surface area contributed by atoms with E-state index in [-0.39, 0.29) is 11.8 Å². The number of nitrogens with one attached hydrogen (secondary N) is 1. The Hall–Kier alpha value is -3.22. The van der Waals surface area contributed by atoms with Gasteiger partial charge in [0, 0.05) is 44.6 Å². The normalized spacial score (nSPS) is 13.2. The Morgan fingerprint density at radius 3 is 2.31 bits per heavy atom. The van der Waals surface area contributed by atoms with E-state index in [1.165, 1.54) is 7.11 Å². The lowest BCUT2D eigenvalue weighted by atomic mass is 10.1. The van der Waals surface area contributed by atoms with E-state index in [9.17, 15) is 9.59 Å². The van der Waals surface area contributed by atoms with Crippen molar-refractivity contribution in [1.82, 2.24) is 4.90 Å². The summed E-state index contributed by atoms with van der Waals surface area (Å²) < 4.78 is 10.5. The molecular weight excluding hydrogens is 370 g/mol. The molecule has 3 rings (SSSR count). The number of benzene rings is 2. The van der Waals surface area contributed by atoms with Crippen LogP contribution < -0.4 is 19.7 Å². The number of nitrogens with zero attached hydrogens (tertiary/aromatic N) is 2. The van der Waals surface area contributed by atoms with Crippen LogP contribution in [0, 0.1) is 0 Å². The average molecular weight is 397 g/mol. The monoisotopic (exact) mass is 397 g/mol. The summed E-state index contributed by atoms with van der Waals surface area (Å²) in [6.07, 6.45) is 2.05. The molecule has 1 fully saturated rings. The van der Waals surface area contributed by atoms with Gasteiger partial charge >= 0.3 is 0 Å². The first kappa shape index (κ1) is 20.5. The van der Waals surface area contributed by atoms with Crippen LogP contribution in [0.1, 0.15) is 33.6 Å². The van der Waals surface area contributed by atoms with Gasteiger partial charge in [-0.05, 0) is 43.2 Å². The van der Waals surface area contributed by atoms with E-state index in [2.05, 4.69) is 5.32 Å². The maximum absolute atomic E-state index is 13.0. The fourth-order valence-corrected chi connectivity index (χ4v) is 3.45. The lowest BCUT2D eigenvalue weighted by molar-refractivity contribution is 0.0793. The van der Waals surface area contributed by atoms with Gasteiger partial charge in [0.1, 0.15) is 11.5 Å². The molecular formula is C22H27N3O4. The fourth-order valence-electron chi connectivity index (χ4n) is 3.45. The number of ether oxygens (including phenoxy) is 2. The molecule has 0 radical (unpaired) electrons. The van der Waals surface area contributed by atoms with Gasteiger partial charge in [0.05, 0.1) is 25.3 Å². The van der Waals surface area contributed by atoms with Gasteiger partial charge in [-0.2, -0.15) is 0 Å². The van der Waals surface area contributed by atoms with E-state index in [4.69, 9.17) is 9.47 Å². The average Bonchev–Trinajstić information content (AvgIpc) is 3.27. The van der Waals surface area contributed by atoms with Gasteiger partial charge in [-0.15, -0.1) is 0 Å². The van der Waals surface area contributed by atoms with Gasteiger partial charge in [0.2, 0.25) is 0 Å². The quantitative estimate of drug-likeness (QED) is 0.810. The summed E-state index contributed by atoms with van der Waals surface area (Å²) in [5.74, 6) is 0.693. The summed E-state index contributed by atoms with van der Waals surface area (Å²) in [7, 11) is 6.86. The van der Waals surface area contributed by atoms with Crippen molar-refractivity contribution in [1.29, 1.82) is 0 Å². The first-order valence-corrected chi connectivity index (χ1v) is 9.58. The molecule has 0 saturated carbocycles. The minimum atomic E-state index is -0.318. The third-order valence-corrected chi connectivity index (χ3v) is 5.01. The van der Waals surface area contributed by atoms with Crippen molar-refractivity contribution < 1.29 is 19.1 Å². The molecule has 1 aliphatic rings. The Balaban J connectivity index is 1.88. The van der Waals surface area contributed by atoms with Crippen molar-refractivity contribution in [2.75, 3.05) is 51.6 Å². The van der Waals surface area contributed by atoms with E-state index in [0.717, 1.165) is 31.6 Å². The van der Waals surface area contributed by atoms with Crippen LogP contribution in [-0.4, -0.2) is 58.1 Å². The summed E-state index contributed by atoms with van der Waals surface area (Å²) in [6, 6.07) is 10.4. The molecule has 1 heterocycles. The Kier molecular flexibility index (Phi) is 6.26. The molecule has 2 aromatic rings. The van der Waals surface area contributed by atoms with Gasteiger partial charge in [-0.1, -0.05) is 0 Å². The third kappa shape index (κ3) is 4.45. The second-order valence-corrected chi connectivity index (χ2v) is 7.15. The topological polar surface area (TPSA) is 71.1 Å². The molecule has 0 atom stereocenters. The number of carbonyl (C=O) groups is 2. The number of hydrogen-bond donors (Lipinski definition) is 1. The van der Waals surface area contributed by atoms with Crippen molar-refractivity contribution in [3.8, 4) is 11.5 Å².